The van der Waals surface area contributed by atoms with Crippen LogP contribution in [-0.4, -0.2) is 27.7 Å². The molecule has 0 saturated carbocycles. The highest BCUT2D eigenvalue weighted by molar-refractivity contribution is 4.95. The van der Waals surface area contributed by atoms with E-state index in [1.807, 2.05) is 13.8 Å². The number of halogens is 1. The van der Waals surface area contributed by atoms with Gasteiger partial charge in [0, 0.05) is 25.6 Å². The van der Waals surface area contributed by atoms with Crippen LogP contribution in [0.5, 0.6) is 0 Å². The number of nitrogens with two attached hydrogens (primary N) is 1. The highest BCUT2D eigenvalue weighted by Crippen LogP contribution is 2.19. The summed E-state index contributed by atoms with van der Waals surface area (Å²) in [5.74, 6) is 0.147. The van der Waals surface area contributed by atoms with Crippen LogP contribution in [0.15, 0.2) is 6.20 Å². The van der Waals surface area contributed by atoms with Crippen molar-refractivity contribution < 1.29 is 4.39 Å². The second kappa shape index (κ2) is 5.21. The van der Waals surface area contributed by atoms with Gasteiger partial charge in [0.05, 0.1) is 5.69 Å². The van der Waals surface area contributed by atoms with Crippen molar-refractivity contribution in [2.75, 3.05) is 6.54 Å². The largest absolute Gasteiger partial charge is 0.330 e. The van der Waals surface area contributed by atoms with E-state index in [4.69, 9.17) is 5.73 Å². The molecule has 0 radical (unpaired) electrons. The van der Waals surface area contributed by atoms with Gasteiger partial charge in [-0.2, -0.15) is 0 Å². The summed E-state index contributed by atoms with van der Waals surface area (Å²) in [4.78, 5) is 0. The van der Waals surface area contributed by atoms with Gasteiger partial charge in [-0.25, -0.2) is 4.39 Å². The number of hydrogen-bond donors (Lipinski definition) is 1. The van der Waals surface area contributed by atoms with E-state index in [2.05, 4.69) is 10.3 Å². The van der Waals surface area contributed by atoms with Crippen LogP contribution in [0, 0.1) is 11.8 Å². The minimum atomic E-state index is -0.938. The fourth-order valence-corrected chi connectivity index (χ4v) is 1.68. The minimum Gasteiger partial charge on any atom is -0.330 e. The monoisotopic (exact) mass is 214 g/mol. The van der Waals surface area contributed by atoms with E-state index in [9.17, 15) is 4.39 Å². The molecule has 1 heterocycles. The lowest BCUT2D eigenvalue weighted by Gasteiger charge is -2.22. The average Bonchev–Trinajstić information content (AvgIpc) is 2.51. The molecule has 2 atom stereocenters. The maximum atomic E-state index is 13.9. The molecule has 0 aromatic carbocycles. The zero-order valence-electron chi connectivity index (χ0n) is 9.52. The highest BCUT2D eigenvalue weighted by Gasteiger charge is 2.24. The van der Waals surface area contributed by atoms with Crippen LogP contribution in [0.25, 0.3) is 0 Å². The van der Waals surface area contributed by atoms with Crippen LogP contribution < -0.4 is 5.73 Å². The van der Waals surface area contributed by atoms with Crippen LogP contribution in [0.3, 0.4) is 0 Å². The van der Waals surface area contributed by atoms with E-state index in [0.29, 0.717) is 18.7 Å². The quantitative estimate of drug-likeness (QED) is 0.793. The summed E-state index contributed by atoms with van der Waals surface area (Å²) in [5, 5.41) is 7.63. The van der Waals surface area contributed by atoms with Crippen LogP contribution >= 0.6 is 0 Å². The molecule has 4 nitrogen and oxygen atoms in total. The van der Waals surface area contributed by atoms with Crippen molar-refractivity contribution in [3.8, 4) is 0 Å². The van der Waals surface area contributed by atoms with Gasteiger partial charge in [0.15, 0.2) is 0 Å². The van der Waals surface area contributed by atoms with Crippen molar-refractivity contribution in [2.45, 2.75) is 26.4 Å². The van der Waals surface area contributed by atoms with E-state index in [-0.39, 0.29) is 11.8 Å². The first kappa shape index (κ1) is 12.1. The Labute approximate surface area is 89.7 Å². The molecule has 0 spiro atoms. The number of alkyl halides is 1. The third-order valence-electron chi connectivity index (χ3n) is 2.65. The van der Waals surface area contributed by atoms with Gasteiger partial charge in [-0.1, -0.05) is 19.1 Å². The van der Waals surface area contributed by atoms with Gasteiger partial charge in [-0.15, -0.1) is 5.10 Å². The fraction of sp³-hybridized carbons (Fsp3) is 0.800. The molecule has 0 saturated heterocycles. The predicted octanol–water partition coefficient (Wildman–Crippen LogP) is 0.927. The molecular weight excluding hydrogens is 195 g/mol. The lowest BCUT2D eigenvalue weighted by Crippen LogP contribution is -2.30. The lowest BCUT2D eigenvalue weighted by atomic mass is 9.89. The SMILES string of the molecule is CC(C)C(CN)C(F)Cc1cn(C)nn1. The maximum Gasteiger partial charge on any atom is 0.110 e. The Morgan fingerprint density at radius 1 is 1.53 bits per heavy atom. The summed E-state index contributed by atoms with van der Waals surface area (Å²) in [6, 6.07) is 0. The topological polar surface area (TPSA) is 56.7 Å². The second-order valence-electron chi connectivity index (χ2n) is 4.25. The van der Waals surface area contributed by atoms with Gasteiger partial charge in [0.1, 0.15) is 6.17 Å². The van der Waals surface area contributed by atoms with E-state index in [0.717, 1.165) is 0 Å². The Kier molecular flexibility index (Phi) is 4.20. The van der Waals surface area contributed by atoms with Crippen LogP contribution in [-0.2, 0) is 13.5 Å². The molecule has 5 heteroatoms. The molecule has 0 fully saturated rings. The number of aromatic nitrogens is 3. The van der Waals surface area contributed by atoms with Gasteiger partial charge in [-0.05, 0) is 12.5 Å². The zero-order chi connectivity index (χ0) is 11.4. The number of hydrogen-bond acceptors (Lipinski definition) is 3. The molecule has 2 N–H and O–H groups in total. The molecule has 0 aliphatic rings. The molecule has 86 valence electrons. The summed E-state index contributed by atoms with van der Waals surface area (Å²) in [6.45, 7) is 4.35. The second-order valence-corrected chi connectivity index (χ2v) is 4.25. The molecule has 2 unspecified atom stereocenters. The molecule has 0 aliphatic heterocycles. The van der Waals surface area contributed by atoms with Crippen molar-refractivity contribution in [2.24, 2.45) is 24.6 Å². The number of rotatable bonds is 5. The first-order valence-corrected chi connectivity index (χ1v) is 5.24. The van der Waals surface area contributed by atoms with Gasteiger partial charge in [0.25, 0.3) is 0 Å². The highest BCUT2D eigenvalue weighted by atomic mass is 19.1. The molecule has 1 aromatic rings. The molecular formula is C10H19FN4. The minimum absolute atomic E-state index is 0.105. The Bertz CT molecular complexity index is 297. The molecule has 0 aliphatic carbocycles. The predicted molar refractivity (Wildman–Crippen MR) is 57.0 cm³/mol. The van der Waals surface area contributed by atoms with E-state index in [1.54, 1.807) is 17.9 Å². The summed E-state index contributed by atoms with van der Waals surface area (Å²) < 4.78 is 15.4. The maximum absolute atomic E-state index is 13.9. The van der Waals surface area contributed by atoms with Gasteiger partial charge >= 0.3 is 0 Å². The first-order chi connectivity index (χ1) is 7.04. The van der Waals surface area contributed by atoms with E-state index in [1.165, 1.54) is 0 Å². The third-order valence-corrected chi connectivity index (χ3v) is 2.65. The fourth-order valence-electron chi connectivity index (χ4n) is 1.68. The number of nitrogens with zero attached hydrogens (tertiary/aromatic N) is 3. The van der Waals surface area contributed by atoms with Crippen molar-refractivity contribution in [1.29, 1.82) is 0 Å². The Morgan fingerprint density at radius 3 is 2.60 bits per heavy atom. The third kappa shape index (κ3) is 3.27. The number of aryl methyl sites for hydroxylation is 1. The summed E-state index contributed by atoms with van der Waals surface area (Å²) >= 11 is 0. The first-order valence-electron chi connectivity index (χ1n) is 5.24. The van der Waals surface area contributed by atoms with Crippen molar-refractivity contribution in [3.05, 3.63) is 11.9 Å². The zero-order valence-corrected chi connectivity index (χ0v) is 9.52. The van der Waals surface area contributed by atoms with Crippen LogP contribution in [0.1, 0.15) is 19.5 Å². The smallest absolute Gasteiger partial charge is 0.110 e. The average molecular weight is 214 g/mol. The summed E-state index contributed by atoms with van der Waals surface area (Å²) in [5.41, 5.74) is 6.24. The van der Waals surface area contributed by atoms with Crippen molar-refractivity contribution in [1.82, 2.24) is 15.0 Å². The Hall–Kier alpha value is -0.970. The van der Waals surface area contributed by atoms with E-state index >= 15 is 0 Å². The Morgan fingerprint density at radius 2 is 2.20 bits per heavy atom. The van der Waals surface area contributed by atoms with E-state index < -0.39 is 6.17 Å². The summed E-state index contributed by atoms with van der Waals surface area (Å²) in [7, 11) is 1.77. The van der Waals surface area contributed by atoms with Gasteiger partial charge in [-0.3, -0.25) is 4.68 Å². The summed E-state index contributed by atoms with van der Waals surface area (Å²) in [6.07, 6.45) is 1.10. The molecule has 1 aromatic heterocycles. The van der Waals surface area contributed by atoms with Crippen molar-refractivity contribution in [3.63, 3.8) is 0 Å². The molecule has 0 amide bonds. The lowest BCUT2D eigenvalue weighted by molar-refractivity contribution is 0.184. The van der Waals surface area contributed by atoms with Gasteiger partial charge < -0.3 is 5.73 Å². The van der Waals surface area contributed by atoms with Crippen molar-refractivity contribution >= 4 is 0 Å². The Balaban J connectivity index is 2.57. The normalized spacial score (nSPS) is 15.6. The standard InChI is InChI=1S/C10H19FN4/c1-7(2)9(5-12)10(11)4-8-6-15(3)14-13-8/h6-7,9-10H,4-5,12H2,1-3H3. The van der Waals surface area contributed by atoms with Crippen LogP contribution in [0.4, 0.5) is 4.39 Å². The van der Waals surface area contributed by atoms with Gasteiger partial charge in [0.2, 0.25) is 0 Å². The molecule has 15 heavy (non-hydrogen) atoms. The molecule has 0 bridgehead atoms. The molecule has 1 rings (SSSR count). The van der Waals surface area contributed by atoms with Crippen LogP contribution in [0.2, 0.25) is 0 Å².